The van der Waals surface area contributed by atoms with Crippen LogP contribution in [0.1, 0.15) is 52.5 Å². The zero-order valence-electron chi connectivity index (χ0n) is 21.8. The summed E-state index contributed by atoms with van der Waals surface area (Å²) in [4.78, 5) is 24.0. The second kappa shape index (κ2) is 9.81. The molecule has 0 radical (unpaired) electrons. The van der Waals surface area contributed by atoms with Gasteiger partial charge in [-0.25, -0.2) is 9.78 Å². The van der Waals surface area contributed by atoms with Crippen molar-refractivity contribution in [1.82, 2.24) is 14.8 Å². The number of hydrogen-bond acceptors (Lipinski definition) is 8. The number of nitrogens with zero attached hydrogens (tertiary/aromatic N) is 5. The summed E-state index contributed by atoms with van der Waals surface area (Å²) in [6.45, 7) is 14.0. The van der Waals surface area contributed by atoms with Gasteiger partial charge in [0, 0.05) is 44.7 Å². The maximum absolute atomic E-state index is 12.7. The SMILES string of the molecule is C[C@@H]1CN(c2ccc(C#N)c3ncsc23)C[C@H](CN2CCC3(CCCN(C(=O)OC(C)(C)C)C3)C2)O1. The Morgan fingerprint density at radius 1 is 1.28 bits per heavy atom. The minimum atomic E-state index is -0.468. The van der Waals surface area contributed by atoms with Crippen LogP contribution in [0, 0.1) is 16.7 Å². The predicted octanol–water partition coefficient (Wildman–Crippen LogP) is 4.48. The molecule has 0 N–H and O–H groups in total. The summed E-state index contributed by atoms with van der Waals surface area (Å²) in [7, 11) is 0. The van der Waals surface area contributed by atoms with Gasteiger partial charge in [-0.05, 0) is 65.6 Å². The number of aromatic nitrogens is 1. The number of thiazole rings is 1. The minimum absolute atomic E-state index is 0.105. The molecule has 5 rings (SSSR count). The summed E-state index contributed by atoms with van der Waals surface area (Å²) >= 11 is 1.60. The Labute approximate surface area is 217 Å². The molecule has 8 nitrogen and oxygen atoms in total. The lowest BCUT2D eigenvalue weighted by Crippen LogP contribution is -2.52. The third kappa shape index (κ3) is 5.31. The van der Waals surface area contributed by atoms with Crippen LogP contribution in [-0.2, 0) is 9.47 Å². The highest BCUT2D eigenvalue weighted by Gasteiger charge is 2.44. The number of hydrogen-bond donors (Lipinski definition) is 0. The predicted molar refractivity (Wildman–Crippen MR) is 141 cm³/mol. The normalized spacial score (nSPS) is 27.5. The average molecular weight is 512 g/mol. The molecule has 1 spiro atoms. The Bertz CT molecular complexity index is 1150. The van der Waals surface area contributed by atoms with Crippen molar-refractivity contribution in [3.63, 3.8) is 0 Å². The zero-order chi connectivity index (χ0) is 25.5. The van der Waals surface area contributed by atoms with Gasteiger partial charge in [0.2, 0.25) is 0 Å². The molecule has 1 amide bonds. The van der Waals surface area contributed by atoms with Crippen molar-refractivity contribution in [2.24, 2.45) is 5.41 Å². The van der Waals surface area contributed by atoms with E-state index in [9.17, 15) is 10.1 Å². The van der Waals surface area contributed by atoms with Crippen LogP contribution in [0.25, 0.3) is 10.2 Å². The van der Waals surface area contributed by atoms with Crippen LogP contribution in [-0.4, -0.2) is 84.5 Å². The molecule has 4 heterocycles. The molecule has 1 unspecified atom stereocenters. The third-order valence-electron chi connectivity index (χ3n) is 7.54. The number of carbonyl (C=O) groups is 1. The highest BCUT2D eigenvalue weighted by Crippen LogP contribution is 2.40. The monoisotopic (exact) mass is 511 g/mol. The Hall–Kier alpha value is -2.41. The molecular formula is C27H37N5O3S. The maximum atomic E-state index is 12.7. The van der Waals surface area contributed by atoms with Gasteiger partial charge in [0.15, 0.2) is 0 Å². The number of fused-ring (bicyclic) bond motifs is 1. The van der Waals surface area contributed by atoms with Gasteiger partial charge in [0.05, 0.1) is 33.7 Å². The minimum Gasteiger partial charge on any atom is -0.444 e. The fraction of sp³-hybridized carbons (Fsp3) is 0.667. The summed E-state index contributed by atoms with van der Waals surface area (Å²) < 4.78 is 13.1. The smallest absolute Gasteiger partial charge is 0.410 e. The van der Waals surface area contributed by atoms with Gasteiger partial charge < -0.3 is 24.2 Å². The Morgan fingerprint density at radius 3 is 2.89 bits per heavy atom. The second-order valence-electron chi connectivity index (χ2n) is 11.7. The Morgan fingerprint density at radius 2 is 2.11 bits per heavy atom. The summed E-state index contributed by atoms with van der Waals surface area (Å²) in [5.41, 5.74) is 4.07. The van der Waals surface area contributed by atoms with E-state index in [1.807, 2.05) is 37.2 Å². The molecule has 3 aliphatic heterocycles. The van der Waals surface area contributed by atoms with Gasteiger partial charge in [0.1, 0.15) is 17.2 Å². The van der Waals surface area contributed by atoms with E-state index in [0.717, 1.165) is 81.0 Å². The zero-order valence-corrected chi connectivity index (χ0v) is 22.6. The summed E-state index contributed by atoms with van der Waals surface area (Å²) in [5.74, 6) is 0. The molecule has 194 valence electrons. The van der Waals surface area contributed by atoms with E-state index in [4.69, 9.17) is 9.47 Å². The molecule has 3 fully saturated rings. The average Bonchev–Trinajstić information content (AvgIpc) is 3.45. The standard InChI is InChI=1S/C27H37N5O3S/c1-19-13-32(22-7-6-20(12-28)23-24(22)36-18-29-23)15-21(34-19)14-30-11-9-27(16-30)8-5-10-31(17-27)25(33)35-26(2,3)4/h6-7,18-19,21H,5,8-11,13-17H2,1-4H3/t19-,21+,27?/m1/s1. The molecule has 1 aromatic carbocycles. The van der Waals surface area contributed by atoms with Crippen molar-refractivity contribution in [2.75, 3.05) is 50.7 Å². The van der Waals surface area contributed by atoms with Crippen LogP contribution in [0.2, 0.25) is 0 Å². The van der Waals surface area contributed by atoms with Crippen LogP contribution in [0.3, 0.4) is 0 Å². The molecule has 1 aromatic heterocycles. The first-order valence-electron chi connectivity index (χ1n) is 13.0. The van der Waals surface area contributed by atoms with Crippen LogP contribution >= 0.6 is 11.3 Å². The van der Waals surface area contributed by atoms with Gasteiger partial charge in [-0.3, -0.25) is 0 Å². The lowest BCUT2D eigenvalue weighted by atomic mass is 9.79. The number of morpholine rings is 1. The van der Waals surface area contributed by atoms with Gasteiger partial charge >= 0.3 is 6.09 Å². The van der Waals surface area contributed by atoms with Crippen molar-refractivity contribution < 1.29 is 14.3 Å². The summed E-state index contributed by atoms with van der Waals surface area (Å²) in [5, 5.41) is 9.45. The van der Waals surface area contributed by atoms with Crippen molar-refractivity contribution >= 4 is 33.3 Å². The number of amides is 1. The maximum Gasteiger partial charge on any atom is 0.410 e. The number of anilines is 1. The second-order valence-corrected chi connectivity index (χ2v) is 12.6. The fourth-order valence-corrected chi connectivity index (χ4v) is 6.97. The topological polar surface area (TPSA) is 81.9 Å². The summed E-state index contributed by atoms with van der Waals surface area (Å²) in [6, 6.07) is 6.21. The van der Waals surface area contributed by atoms with E-state index >= 15 is 0 Å². The van der Waals surface area contributed by atoms with E-state index < -0.39 is 5.60 Å². The Kier molecular flexibility index (Phi) is 6.88. The van der Waals surface area contributed by atoms with E-state index in [1.165, 1.54) is 0 Å². The van der Waals surface area contributed by atoms with Gasteiger partial charge in [-0.2, -0.15) is 5.26 Å². The molecule has 3 aliphatic rings. The number of carbonyl (C=O) groups excluding carboxylic acids is 1. The largest absolute Gasteiger partial charge is 0.444 e. The molecule has 0 bridgehead atoms. The van der Waals surface area contributed by atoms with Gasteiger partial charge in [-0.15, -0.1) is 11.3 Å². The van der Waals surface area contributed by atoms with Crippen molar-refractivity contribution in [3.05, 3.63) is 23.2 Å². The molecule has 9 heteroatoms. The van der Waals surface area contributed by atoms with E-state index in [-0.39, 0.29) is 23.7 Å². The molecule has 2 aromatic rings. The number of ether oxygens (including phenoxy) is 2. The van der Waals surface area contributed by atoms with Crippen LogP contribution < -0.4 is 4.90 Å². The molecule has 3 saturated heterocycles. The van der Waals surface area contributed by atoms with E-state index in [1.54, 1.807) is 11.3 Å². The number of rotatable bonds is 3. The van der Waals surface area contributed by atoms with Crippen LogP contribution in [0.15, 0.2) is 17.6 Å². The molecule has 3 atom stereocenters. The molecular weight excluding hydrogens is 474 g/mol. The van der Waals surface area contributed by atoms with Crippen LogP contribution in [0.5, 0.6) is 0 Å². The van der Waals surface area contributed by atoms with Crippen molar-refractivity contribution in [3.8, 4) is 6.07 Å². The van der Waals surface area contributed by atoms with Gasteiger partial charge in [0.25, 0.3) is 0 Å². The number of likely N-dealkylation sites (tertiary alicyclic amines) is 2. The highest BCUT2D eigenvalue weighted by molar-refractivity contribution is 7.17. The van der Waals surface area contributed by atoms with Crippen LogP contribution in [0.4, 0.5) is 10.5 Å². The Balaban J connectivity index is 1.23. The fourth-order valence-electron chi connectivity index (χ4n) is 6.11. The number of benzene rings is 1. The number of piperidine rings is 1. The molecule has 36 heavy (non-hydrogen) atoms. The summed E-state index contributed by atoms with van der Waals surface area (Å²) in [6.07, 6.45) is 3.34. The number of nitriles is 1. The first kappa shape index (κ1) is 25.2. The molecule has 0 saturated carbocycles. The lowest BCUT2D eigenvalue weighted by molar-refractivity contribution is -0.0322. The first-order valence-corrected chi connectivity index (χ1v) is 13.9. The lowest BCUT2D eigenvalue weighted by Gasteiger charge is -2.42. The first-order chi connectivity index (χ1) is 17.1. The van der Waals surface area contributed by atoms with Crippen molar-refractivity contribution in [2.45, 2.75) is 64.8 Å². The van der Waals surface area contributed by atoms with Gasteiger partial charge in [-0.1, -0.05) is 0 Å². The molecule has 0 aliphatic carbocycles. The van der Waals surface area contributed by atoms with Crippen molar-refractivity contribution in [1.29, 1.82) is 5.26 Å². The quantitative estimate of drug-likeness (QED) is 0.601. The highest BCUT2D eigenvalue weighted by atomic mass is 32.1. The van der Waals surface area contributed by atoms with E-state index in [0.29, 0.717) is 5.56 Å². The third-order valence-corrected chi connectivity index (χ3v) is 8.39. The van der Waals surface area contributed by atoms with E-state index in [2.05, 4.69) is 33.8 Å².